The van der Waals surface area contributed by atoms with Crippen molar-refractivity contribution in [2.45, 2.75) is 19.9 Å². The Morgan fingerprint density at radius 2 is 1.61 bits per heavy atom. The zero-order valence-electron chi connectivity index (χ0n) is 20.5. The van der Waals surface area contributed by atoms with Crippen molar-refractivity contribution in [3.63, 3.8) is 0 Å². The molecule has 2 aliphatic rings. The third-order valence-corrected chi connectivity index (χ3v) is 6.84. The Balaban J connectivity index is 1.23. The van der Waals surface area contributed by atoms with Crippen LogP contribution >= 0.6 is 0 Å². The summed E-state index contributed by atoms with van der Waals surface area (Å²) in [4.78, 5) is 32.3. The number of carbonyl (C=O) groups is 2. The highest BCUT2D eigenvalue weighted by atomic mass is 19.1. The van der Waals surface area contributed by atoms with Gasteiger partial charge in [-0.2, -0.15) is 0 Å². The van der Waals surface area contributed by atoms with E-state index in [-0.39, 0.29) is 24.2 Å². The molecular weight excluding hydrogens is 457 g/mol. The molecule has 186 valence electrons. The molecule has 1 fully saturated rings. The van der Waals surface area contributed by atoms with E-state index in [1.807, 2.05) is 31.2 Å². The number of nitrogens with zero attached hydrogens (tertiary/aromatic N) is 3. The van der Waals surface area contributed by atoms with E-state index in [1.165, 1.54) is 22.6 Å². The number of hydrogen-bond acceptors (Lipinski definition) is 5. The Morgan fingerprint density at radius 1 is 0.861 bits per heavy atom. The van der Waals surface area contributed by atoms with Crippen molar-refractivity contribution in [1.29, 1.82) is 0 Å². The van der Waals surface area contributed by atoms with E-state index in [4.69, 9.17) is 4.74 Å². The Labute approximate surface area is 210 Å². The molecule has 0 spiro atoms. The molecular formula is C29H30FN3O3. The standard InChI is InChI=1S/C29H30FN3O3/c1-2-36-24-11-9-22(10-12-24)20-31-15-17-32(18-16-31)26-8-4-7-25-27(26)29(35)33(28(25)34)14-13-21-5-3-6-23(30)19-21/h3-12,19H,2,13-18,20H2,1H3. The number of amides is 2. The lowest BCUT2D eigenvalue weighted by Crippen LogP contribution is -2.46. The minimum atomic E-state index is -0.321. The average Bonchev–Trinajstić information content (AvgIpc) is 3.14. The van der Waals surface area contributed by atoms with Gasteiger partial charge in [-0.3, -0.25) is 19.4 Å². The van der Waals surface area contributed by atoms with Crippen LogP contribution in [0.15, 0.2) is 66.7 Å². The van der Waals surface area contributed by atoms with Crippen LogP contribution in [0.4, 0.5) is 10.1 Å². The molecule has 2 heterocycles. The van der Waals surface area contributed by atoms with Gasteiger partial charge in [0.2, 0.25) is 0 Å². The quantitative estimate of drug-likeness (QED) is 0.442. The summed E-state index contributed by atoms with van der Waals surface area (Å²) < 4.78 is 19.1. The minimum Gasteiger partial charge on any atom is -0.494 e. The van der Waals surface area contributed by atoms with Crippen LogP contribution in [0.3, 0.4) is 0 Å². The highest BCUT2D eigenvalue weighted by Crippen LogP contribution is 2.32. The molecule has 3 aromatic carbocycles. The molecule has 0 radical (unpaired) electrons. The fraction of sp³-hybridized carbons (Fsp3) is 0.310. The molecule has 2 amide bonds. The topological polar surface area (TPSA) is 53.1 Å². The molecule has 7 heteroatoms. The van der Waals surface area contributed by atoms with E-state index in [0.717, 1.165) is 49.7 Å². The van der Waals surface area contributed by atoms with E-state index in [2.05, 4.69) is 21.9 Å². The summed E-state index contributed by atoms with van der Waals surface area (Å²) >= 11 is 0. The maximum Gasteiger partial charge on any atom is 0.263 e. The van der Waals surface area contributed by atoms with Gasteiger partial charge in [-0.05, 0) is 60.9 Å². The van der Waals surface area contributed by atoms with Gasteiger partial charge in [0.05, 0.1) is 23.4 Å². The van der Waals surface area contributed by atoms with E-state index in [0.29, 0.717) is 24.2 Å². The predicted octanol–water partition coefficient (Wildman–Crippen LogP) is 4.39. The fourth-order valence-electron chi connectivity index (χ4n) is 4.98. The number of imide groups is 1. The summed E-state index contributed by atoms with van der Waals surface area (Å²) in [5, 5.41) is 0. The summed E-state index contributed by atoms with van der Waals surface area (Å²) in [7, 11) is 0. The number of fused-ring (bicyclic) bond motifs is 1. The van der Waals surface area contributed by atoms with Crippen LogP contribution in [0.1, 0.15) is 38.8 Å². The first kappa shape index (κ1) is 24.0. The Kier molecular flexibility index (Phi) is 7.00. The smallest absolute Gasteiger partial charge is 0.263 e. The van der Waals surface area contributed by atoms with Crippen molar-refractivity contribution in [2.75, 3.05) is 44.2 Å². The Bertz CT molecular complexity index is 1250. The van der Waals surface area contributed by atoms with Gasteiger partial charge in [0, 0.05) is 39.3 Å². The third-order valence-electron chi connectivity index (χ3n) is 6.84. The molecule has 0 N–H and O–H groups in total. The first-order valence-electron chi connectivity index (χ1n) is 12.5. The van der Waals surface area contributed by atoms with Crippen molar-refractivity contribution in [3.05, 3.63) is 94.8 Å². The molecule has 6 nitrogen and oxygen atoms in total. The molecule has 0 aliphatic carbocycles. The highest BCUT2D eigenvalue weighted by Gasteiger charge is 2.38. The van der Waals surface area contributed by atoms with E-state index >= 15 is 0 Å². The molecule has 0 saturated carbocycles. The zero-order chi connectivity index (χ0) is 25.1. The number of hydrogen-bond donors (Lipinski definition) is 0. The van der Waals surface area contributed by atoms with Crippen LogP contribution in [-0.2, 0) is 13.0 Å². The van der Waals surface area contributed by atoms with Crippen LogP contribution in [0, 0.1) is 5.82 Å². The molecule has 5 rings (SSSR count). The van der Waals surface area contributed by atoms with E-state index in [1.54, 1.807) is 18.2 Å². The van der Waals surface area contributed by atoms with Gasteiger partial charge in [0.15, 0.2) is 0 Å². The molecule has 3 aromatic rings. The van der Waals surface area contributed by atoms with Gasteiger partial charge in [-0.15, -0.1) is 0 Å². The Morgan fingerprint density at radius 3 is 2.33 bits per heavy atom. The lowest BCUT2D eigenvalue weighted by Gasteiger charge is -2.36. The SMILES string of the molecule is CCOc1ccc(CN2CCN(c3cccc4c3C(=O)N(CCc3cccc(F)c3)C4=O)CC2)cc1. The summed E-state index contributed by atoms with van der Waals surface area (Å²) in [6, 6.07) is 20.0. The second kappa shape index (κ2) is 10.5. The molecule has 0 aromatic heterocycles. The lowest BCUT2D eigenvalue weighted by molar-refractivity contribution is 0.0656. The highest BCUT2D eigenvalue weighted by molar-refractivity contribution is 6.23. The molecule has 0 unspecified atom stereocenters. The van der Waals surface area contributed by atoms with Gasteiger partial charge >= 0.3 is 0 Å². The van der Waals surface area contributed by atoms with Crippen LogP contribution in [0.2, 0.25) is 0 Å². The van der Waals surface area contributed by atoms with Gasteiger partial charge in [0.1, 0.15) is 11.6 Å². The van der Waals surface area contributed by atoms with Gasteiger partial charge in [0.25, 0.3) is 11.8 Å². The average molecular weight is 488 g/mol. The number of halogens is 1. The van der Waals surface area contributed by atoms with Crippen molar-refractivity contribution in [3.8, 4) is 5.75 Å². The number of rotatable bonds is 8. The number of anilines is 1. The van der Waals surface area contributed by atoms with Crippen molar-refractivity contribution >= 4 is 17.5 Å². The molecule has 36 heavy (non-hydrogen) atoms. The van der Waals surface area contributed by atoms with Crippen LogP contribution in [-0.4, -0.2) is 60.9 Å². The number of ether oxygens (including phenoxy) is 1. The lowest BCUT2D eigenvalue weighted by atomic mass is 10.1. The molecule has 0 bridgehead atoms. The summed E-state index contributed by atoms with van der Waals surface area (Å²) in [6.45, 7) is 7.00. The number of carbonyl (C=O) groups excluding carboxylic acids is 2. The van der Waals surface area contributed by atoms with Crippen LogP contribution in [0.5, 0.6) is 5.75 Å². The Hall–Kier alpha value is -3.71. The second-order valence-corrected chi connectivity index (χ2v) is 9.18. The van der Waals surface area contributed by atoms with Crippen molar-refractivity contribution < 1.29 is 18.7 Å². The van der Waals surface area contributed by atoms with Gasteiger partial charge < -0.3 is 9.64 Å². The number of piperazine rings is 1. The first-order chi connectivity index (χ1) is 17.5. The number of benzene rings is 3. The van der Waals surface area contributed by atoms with Crippen molar-refractivity contribution in [1.82, 2.24) is 9.80 Å². The van der Waals surface area contributed by atoms with E-state index < -0.39 is 0 Å². The van der Waals surface area contributed by atoms with E-state index in [9.17, 15) is 14.0 Å². The van der Waals surface area contributed by atoms with Gasteiger partial charge in [-0.1, -0.05) is 30.3 Å². The van der Waals surface area contributed by atoms with Crippen molar-refractivity contribution in [2.24, 2.45) is 0 Å². The van der Waals surface area contributed by atoms with Crippen LogP contribution < -0.4 is 9.64 Å². The van der Waals surface area contributed by atoms with Crippen LogP contribution in [0.25, 0.3) is 0 Å². The third kappa shape index (κ3) is 4.97. The first-order valence-corrected chi connectivity index (χ1v) is 12.5. The zero-order valence-corrected chi connectivity index (χ0v) is 20.5. The molecule has 0 atom stereocenters. The minimum absolute atomic E-state index is 0.227. The maximum absolute atomic E-state index is 13.5. The second-order valence-electron chi connectivity index (χ2n) is 9.18. The fourth-order valence-corrected chi connectivity index (χ4v) is 4.98. The monoisotopic (exact) mass is 487 g/mol. The predicted molar refractivity (Wildman–Crippen MR) is 137 cm³/mol. The normalized spacial score (nSPS) is 15.9. The maximum atomic E-state index is 13.5. The largest absolute Gasteiger partial charge is 0.494 e. The summed E-state index contributed by atoms with van der Waals surface area (Å²) in [5.74, 6) is 0.0215. The summed E-state index contributed by atoms with van der Waals surface area (Å²) in [6.07, 6.45) is 0.419. The molecule has 2 aliphatic heterocycles. The molecule has 1 saturated heterocycles. The summed E-state index contributed by atoms with van der Waals surface area (Å²) in [5.41, 5.74) is 3.76. The van der Waals surface area contributed by atoms with Gasteiger partial charge in [-0.25, -0.2) is 4.39 Å².